The normalized spacial score (nSPS) is 25.0. The zero-order chi connectivity index (χ0) is 16.0. The van der Waals surface area contributed by atoms with Gasteiger partial charge >= 0.3 is 6.18 Å². The van der Waals surface area contributed by atoms with Crippen LogP contribution < -0.4 is 0 Å². The van der Waals surface area contributed by atoms with Gasteiger partial charge < -0.3 is 0 Å². The Labute approximate surface area is 124 Å². The van der Waals surface area contributed by atoms with Crippen LogP contribution >= 0.6 is 11.6 Å². The summed E-state index contributed by atoms with van der Waals surface area (Å²) in [6.45, 7) is 3.47. The molecule has 0 aromatic heterocycles. The lowest BCUT2D eigenvalue weighted by atomic mass is 10.0. The van der Waals surface area contributed by atoms with Crippen molar-refractivity contribution in [2.45, 2.75) is 26.4 Å². The van der Waals surface area contributed by atoms with Crippen molar-refractivity contribution in [3.8, 4) is 0 Å². The first-order valence-corrected chi connectivity index (χ1v) is 6.80. The van der Waals surface area contributed by atoms with Gasteiger partial charge in [-0.05, 0) is 41.9 Å². The highest BCUT2D eigenvalue weighted by Crippen LogP contribution is 2.61. The molecule has 21 heavy (non-hydrogen) atoms. The van der Waals surface area contributed by atoms with Crippen LogP contribution in [0.1, 0.15) is 19.4 Å². The maximum atomic E-state index is 13.7. The Morgan fingerprint density at radius 1 is 1.33 bits per heavy atom. The lowest BCUT2D eigenvalue weighted by molar-refractivity contribution is -0.109. The highest BCUT2D eigenvalue weighted by Gasteiger charge is 2.57. The minimum absolute atomic E-state index is 0.185. The highest BCUT2D eigenvalue weighted by molar-refractivity contribution is 6.31. The predicted molar refractivity (Wildman–Crippen MR) is 71.1 cm³/mol. The smallest absolute Gasteiger partial charge is 0.207 e. The monoisotopic (exact) mass is 324 g/mol. The molecule has 0 amide bonds. The van der Waals surface area contributed by atoms with Gasteiger partial charge in [-0.3, -0.25) is 0 Å². The Bertz CT molecular complexity index is 554. The van der Waals surface area contributed by atoms with Crippen LogP contribution in [0.2, 0.25) is 5.02 Å². The summed E-state index contributed by atoms with van der Waals surface area (Å²) < 4.78 is 63.5. The number of hydrogen-bond donors (Lipinski definition) is 0. The van der Waals surface area contributed by atoms with Gasteiger partial charge in [0.25, 0.3) is 0 Å². The molecule has 0 bridgehead atoms. The molecule has 0 heterocycles. The summed E-state index contributed by atoms with van der Waals surface area (Å²) in [4.78, 5) is 0. The summed E-state index contributed by atoms with van der Waals surface area (Å²) in [6.07, 6.45) is -4.19. The fraction of sp³-hybridized carbons (Fsp3) is 0.467. The van der Waals surface area contributed by atoms with E-state index in [1.807, 2.05) is 0 Å². The summed E-state index contributed by atoms with van der Waals surface area (Å²) >= 11 is 5.91. The largest absolute Gasteiger partial charge is 0.442 e. The van der Waals surface area contributed by atoms with Crippen LogP contribution in [0, 0.1) is 23.1 Å². The summed E-state index contributed by atoms with van der Waals surface area (Å²) in [7, 11) is 0. The summed E-state index contributed by atoms with van der Waals surface area (Å²) in [5.74, 6) is -3.46. The molecule has 6 heteroatoms. The van der Waals surface area contributed by atoms with E-state index in [0.29, 0.717) is 6.08 Å². The van der Waals surface area contributed by atoms with E-state index in [2.05, 4.69) is 0 Å². The number of hydrogen-bond acceptors (Lipinski definition) is 0. The predicted octanol–water partition coefficient (Wildman–Crippen LogP) is 5.71. The van der Waals surface area contributed by atoms with Crippen molar-refractivity contribution in [3.63, 3.8) is 0 Å². The maximum absolute atomic E-state index is 13.7. The second-order valence-electron chi connectivity index (χ2n) is 5.87. The van der Waals surface area contributed by atoms with Crippen molar-refractivity contribution in [1.82, 2.24) is 0 Å². The molecule has 0 saturated heterocycles. The molecule has 1 aromatic rings. The summed E-state index contributed by atoms with van der Waals surface area (Å²) in [5, 5.41) is 0.233. The Balaban J connectivity index is 2.19. The van der Waals surface area contributed by atoms with Crippen molar-refractivity contribution in [1.29, 1.82) is 0 Å². The lowest BCUT2D eigenvalue weighted by Crippen LogP contribution is -2.08. The molecule has 1 fully saturated rings. The van der Waals surface area contributed by atoms with E-state index in [0.717, 1.165) is 0 Å². The van der Waals surface area contributed by atoms with Crippen LogP contribution in [0.4, 0.5) is 22.0 Å². The molecule has 0 radical (unpaired) electrons. The van der Waals surface area contributed by atoms with Crippen LogP contribution in [-0.4, -0.2) is 6.18 Å². The van der Waals surface area contributed by atoms with Gasteiger partial charge in [0.15, 0.2) is 5.83 Å². The first kappa shape index (κ1) is 16.3. The van der Waals surface area contributed by atoms with Crippen LogP contribution in [0.15, 0.2) is 30.1 Å². The Hall–Kier alpha value is -1.10. The van der Waals surface area contributed by atoms with Gasteiger partial charge in [0, 0.05) is 10.6 Å². The highest BCUT2D eigenvalue weighted by atomic mass is 35.5. The SMILES string of the molecule is CC1(C)[C@H](/C=C(\F)C(F)(F)F)[C@@H]1Cc1c(F)cccc1Cl. The van der Waals surface area contributed by atoms with Crippen molar-refractivity contribution in [2.75, 3.05) is 0 Å². The summed E-state index contributed by atoms with van der Waals surface area (Å²) in [5.41, 5.74) is -0.255. The van der Waals surface area contributed by atoms with Gasteiger partial charge in [0.05, 0.1) is 0 Å². The molecule has 1 saturated carbocycles. The molecule has 2 rings (SSSR count). The Kier molecular flexibility index (Phi) is 4.08. The van der Waals surface area contributed by atoms with Gasteiger partial charge in [-0.1, -0.05) is 31.5 Å². The van der Waals surface area contributed by atoms with Gasteiger partial charge in [-0.2, -0.15) is 13.2 Å². The van der Waals surface area contributed by atoms with Gasteiger partial charge in [-0.25, -0.2) is 8.78 Å². The number of alkyl halides is 3. The van der Waals surface area contributed by atoms with Gasteiger partial charge in [0.2, 0.25) is 0 Å². The van der Waals surface area contributed by atoms with E-state index in [1.54, 1.807) is 13.8 Å². The number of rotatable bonds is 3. The van der Waals surface area contributed by atoms with Crippen molar-refractivity contribution < 1.29 is 22.0 Å². The lowest BCUT2D eigenvalue weighted by Gasteiger charge is -2.06. The summed E-state index contributed by atoms with van der Waals surface area (Å²) in [6, 6.07) is 4.23. The van der Waals surface area contributed by atoms with E-state index < -0.39 is 29.2 Å². The van der Waals surface area contributed by atoms with Crippen molar-refractivity contribution in [3.05, 3.63) is 46.5 Å². The Morgan fingerprint density at radius 2 is 1.95 bits per heavy atom. The minimum atomic E-state index is -4.97. The zero-order valence-corrected chi connectivity index (χ0v) is 12.2. The molecule has 0 aliphatic heterocycles. The standard InChI is InChI=1S/C15H14ClF5/c1-14(2)9(10(14)7-13(18)15(19,20)21)6-8-11(16)4-3-5-12(8)17/h3-5,7,9-10H,6H2,1-2H3/b13-7-/t9-,10+/m0/s1. The van der Waals surface area contributed by atoms with Crippen LogP contribution in [0.25, 0.3) is 0 Å². The van der Waals surface area contributed by atoms with Crippen molar-refractivity contribution in [2.24, 2.45) is 17.3 Å². The van der Waals surface area contributed by atoms with Crippen LogP contribution in [-0.2, 0) is 6.42 Å². The second kappa shape index (κ2) is 5.27. The van der Waals surface area contributed by atoms with E-state index >= 15 is 0 Å². The molecule has 0 unspecified atom stereocenters. The third kappa shape index (κ3) is 3.23. The van der Waals surface area contributed by atoms with Gasteiger partial charge in [0.1, 0.15) is 5.82 Å². The van der Waals surface area contributed by atoms with Gasteiger partial charge in [-0.15, -0.1) is 0 Å². The minimum Gasteiger partial charge on any atom is -0.207 e. The third-order valence-electron chi connectivity index (χ3n) is 4.22. The van der Waals surface area contributed by atoms with Crippen LogP contribution in [0.5, 0.6) is 0 Å². The molecular weight excluding hydrogens is 311 g/mol. The van der Waals surface area contributed by atoms with E-state index in [-0.39, 0.29) is 22.9 Å². The van der Waals surface area contributed by atoms with E-state index in [9.17, 15) is 22.0 Å². The molecule has 0 N–H and O–H groups in total. The molecular formula is C15H14ClF5. The topological polar surface area (TPSA) is 0 Å². The van der Waals surface area contributed by atoms with Crippen LogP contribution in [0.3, 0.4) is 0 Å². The Morgan fingerprint density at radius 3 is 2.48 bits per heavy atom. The third-order valence-corrected chi connectivity index (χ3v) is 4.58. The van der Waals surface area contributed by atoms with Crippen molar-refractivity contribution >= 4 is 11.6 Å². The number of halogens is 6. The number of allylic oxidation sites excluding steroid dienone is 2. The van der Waals surface area contributed by atoms with E-state index in [1.165, 1.54) is 18.2 Å². The fourth-order valence-electron chi connectivity index (χ4n) is 2.71. The molecule has 1 aliphatic carbocycles. The van der Waals surface area contributed by atoms with E-state index in [4.69, 9.17) is 11.6 Å². The molecule has 1 aliphatic rings. The quantitative estimate of drug-likeness (QED) is 0.625. The molecule has 116 valence electrons. The number of benzene rings is 1. The molecule has 0 nitrogen and oxygen atoms in total. The first-order chi connectivity index (χ1) is 9.55. The molecule has 1 aromatic carbocycles. The average molecular weight is 325 g/mol. The second-order valence-corrected chi connectivity index (χ2v) is 6.28. The zero-order valence-electron chi connectivity index (χ0n) is 11.4. The molecule has 0 spiro atoms. The molecule has 2 atom stereocenters. The average Bonchev–Trinajstić information content (AvgIpc) is 2.84. The maximum Gasteiger partial charge on any atom is 0.442 e. The fourth-order valence-corrected chi connectivity index (χ4v) is 2.95. The first-order valence-electron chi connectivity index (χ1n) is 6.42.